The third-order valence-corrected chi connectivity index (χ3v) is 2.52. The molecule has 0 spiro atoms. The first-order valence-electron chi connectivity index (χ1n) is 5.37. The summed E-state index contributed by atoms with van der Waals surface area (Å²) in [7, 11) is 1.75. The van der Waals surface area contributed by atoms with Gasteiger partial charge in [0, 0.05) is 13.6 Å². The van der Waals surface area contributed by atoms with Crippen LogP contribution in [0.2, 0.25) is 0 Å². The van der Waals surface area contributed by atoms with Crippen molar-refractivity contribution < 1.29 is 9.18 Å². The predicted molar refractivity (Wildman–Crippen MR) is 64.5 cm³/mol. The van der Waals surface area contributed by atoms with Crippen LogP contribution in [-0.2, 0) is 0 Å². The molecule has 4 heteroatoms. The van der Waals surface area contributed by atoms with Crippen molar-refractivity contribution in [3.05, 3.63) is 29.6 Å². The minimum atomic E-state index is -0.522. The quantitative estimate of drug-likeness (QED) is 0.752. The van der Waals surface area contributed by atoms with Gasteiger partial charge < -0.3 is 4.90 Å². The van der Waals surface area contributed by atoms with Crippen molar-refractivity contribution in [2.24, 2.45) is 5.92 Å². The molecule has 0 fully saturated rings. The Balaban J connectivity index is 3.10. The van der Waals surface area contributed by atoms with E-state index in [2.05, 4.69) is 6.07 Å². The molecule has 0 bridgehead atoms. The Kier molecular flexibility index (Phi) is 4.22. The highest BCUT2D eigenvalue weighted by Gasteiger charge is 2.16. The van der Waals surface area contributed by atoms with Crippen LogP contribution in [0, 0.1) is 23.1 Å². The zero-order valence-corrected chi connectivity index (χ0v) is 10.2. The molecule has 0 heterocycles. The summed E-state index contributed by atoms with van der Waals surface area (Å²) in [4.78, 5) is 13.1. The number of carbonyl (C=O) groups is 1. The van der Waals surface area contributed by atoms with Gasteiger partial charge in [-0.15, -0.1) is 0 Å². The maximum atomic E-state index is 13.6. The average Bonchev–Trinajstić information content (AvgIpc) is 2.27. The van der Waals surface area contributed by atoms with E-state index in [1.807, 2.05) is 0 Å². The number of rotatable bonds is 4. The number of anilines is 1. The van der Waals surface area contributed by atoms with E-state index >= 15 is 0 Å². The van der Waals surface area contributed by atoms with Gasteiger partial charge in [0.2, 0.25) is 0 Å². The van der Waals surface area contributed by atoms with Crippen molar-refractivity contribution in [3.8, 4) is 6.07 Å². The molecule has 17 heavy (non-hydrogen) atoms. The molecule has 1 unspecified atom stereocenters. The fraction of sp³-hybridized carbons (Fsp3) is 0.385. The Morgan fingerprint density at radius 2 is 2.24 bits per heavy atom. The maximum absolute atomic E-state index is 13.6. The molecule has 0 aliphatic heterocycles. The molecule has 0 radical (unpaired) electrons. The van der Waals surface area contributed by atoms with Crippen LogP contribution in [0.3, 0.4) is 0 Å². The van der Waals surface area contributed by atoms with Gasteiger partial charge in [-0.2, -0.15) is 5.26 Å². The number of benzene rings is 1. The second-order valence-corrected chi connectivity index (χ2v) is 4.10. The van der Waals surface area contributed by atoms with Crippen LogP contribution in [0.15, 0.2) is 18.2 Å². The van der Waals surface area contributed by atoms with Crippen molar-refractivity contribution >= 4 is 11.5 Å². The number of hydrogen-bond acceptors (Lipinski definition) is 3. The molecular weight excluding hydrogens is 219 g/mol. The van der Waals surface area contributed by atoms with E-state index in [-0.39, 0.29) is 17.3 Å². The lowest BCUT2D eigenvalue weighted by atomic mass is 10.1. The van der Waals surface area contributed by atoms with E-state index in [0.29, 0.717) is 12.2 Å². The molecule has 0 aromatic heterocycles. The highest BCUT2D eigenvalue weighted by Crippen LogP contribution is 2.23. The molecule has 1 aromatic rings. The Morgan fingerprint density at radius 3 is 2.76 bits per heavy atom. The van der Waals surface area contributed by atoms with E-state index < -0.39 is 5.82 Å². The summed E-state index contributed by atoms with van der Waals surface area (Å²) in [5.74, 6) is -1.01. The molecule has 1 aromatic carbocycles. The van der Waals surface area contributed by atoms with E-state index in [9.17, 15) is 9.18 Å². The summed E-state index contributed by atoms with van der Waals surface area (Å²) < 4.78 is 13.6. The van der Waals surface area contributed by atoms with Crippen LogP contribution < -0.4 is 4.90 Å². The van der Waals surface area contributed by atoms with Gasteiger partial charge in [-0.25, -0.2) is 4.39 Å². The fourth-order valence-corrected chi connectivity index (χ4v) is 1.73. The third kappa shape index (κ3) is 3.04. The lowest BCUT2D eigenvalue weighted by Gasteiger charge is -2.22. The molecule has 0 saturated heterocycles. The highest BCUT2D eigenvalue weighted by atomic mass is 19.1. The van der Waals surface area contributed by atoms with E-state index in [1.165, 1.54) is 13.0 Å². The average molecular weight is 234 g/mol. The van der Waals surface area contributed by atoms with Crippen molar-refractivity contribution in [1.82, 2.24) is 0 Å². The molecular formula is C13H15FN2O. The summed E-state index contributed by atoms with van der Waals surface area (Å²) in [5.41, 5.74) is 0.611. The maximum Gasteiger partial charge on any atom is 0.164 e. The van der Waals surface area contributed by atoms with E-state index in [1.54, 1.807) is 31.0 Å². The molecule has 3 nitrogen and oxygen atoms in total. The number of hydrogen-bond donors (Lipinski definition) is 0. The molecule has 0 N–H and O–H groups in total. The minimum Gasteiger partial charge on any atom is -0.373 e. The smallest absolute Gasteiger partial charge is 0.164 e. The Bertz CT molecular complexity index is 465. The number of Topliss-reactive ketones (excluding diaryl/α,β-unsaturated/α-hetero) is 1. The van der Waals surface area contributed by atoms with E-state index in [4.69, 9.17) is 5.26 Å². The van der Waals surface area contributed by atoms with Crippen LogP contribution in [0.25, 0.3) is 0 Å². The van der Waals surface area contributed by atoms with Gasteiger partial charge in [-0.05, 0) is 26.0 Å². The zero-order valence-electron chi connectivity index (χ0n) is 10.2. The second-order valence-electron chi connectivity index (χ2n) is 4.10. The highest BCUT2D eigenvalue weighted by molar-refractivity contribution is 6.00. The zero-order chi connectivity index (χ0) is 13.0. The normalized spacial score (nSPS) is 11.7. The minimum absolute atomic E-state index is 0.0835. The fourth-order valence-electron chi connectivity index (χ4n) is 1.73. The topological polar surface area (TPSA) is 44.1 Å². The summed E-state index contributed by atoms with van der Waals surface area (Å²) in [6, 6.07) is 6.62. The lowest BCUT2D eigenvalue weighted by molar-refractivity contribution is 0.101. The largest absolute Gasteiger partial charge is 0.373 e. The first kappa shape index (κ1) is 13.2. The molecule has 0 aliphatic carbocycles. The van der Waals surface area contributed by atoms with E-state index in [0.717, 1.165) is 0 Å². The van der Waals surface area contributed by atoms with Crippen LogP contribution >= 0.6 is 0 Å². The number of nitriles is 1. The Hall–Kier alpha value is -1.89. The number of halogens is 1. The van der Waals surface area contributed by atoms with Crippen LogP contribution in [-0.4, -0.2) is 19.4 Å². The van der Waals surface area contributed by atoms with Crippen LogP contribution in [0.4, 0.5) is 10.1 Å². The van der Waals surface area contributed by atoms with Gasteiger partial charge in [0.05, 0.1) is 23.2 Å². The lowest BCUT2D eigenvalue weighted by Crippen LogP contribution is -2.25. The first-order chi connectivity index (χ1) is 7.97. The molecule has 0 saturated carbocycles. The summed E-state index contributed by atoms with van der Waals surface area (Å²) >= 11 is 0. The van der Waals surface area contributed by atoms with Gasteiger partial charge in [-0.1, -0.05) is 6.07 Å². The first-order valence-corrected chi connectivity index (χ1v) is 5.37. The molecule has 0 amide bonds. The van der Waals surface area contributed by atoms with Crippen molar-refractivity contribution in [3.63, 3.8) is 0 Å². The molecule has 0 aliphatic rings. The van der Waals surface area contributed by atoms with Gasteiger partial charge in [0.25, 0.3) is 0 Å². The second kappa shape index (κ2) is 5.44. The Morgan fingerprint density at radius 1 is 1.59 bits per heavy atom. The number of carbonyl (C=O) groups excluding carboxylic acids is 1. The summed E-state index contributed by atoms with van der Waals surface area (Å²) in [5, 5.41) is 8.75. The number of ketones is 1. The predicted octanol–water partition coefficient (Wildman–Crippen LogP) is 2.62. The van der Waals surface area contributed by atoms with Crippen molar-refractivity contribution in [2.45, 2.75) is 13.8 Å². The van der Waals surface area contributed by atoms with Gasteiger partial charge in [0.15, 0.2) is 5.78 Å². The summed E-state index contributed by atoms with van der Waals surface area (Å²) in [6.45, 7) is 3.58. The monoisotopic (exact) mass is 234 g/mol. The van der Waals surface area contributed by atoms with Gasteiger partial charge in [0.1, 0.15) is 5.82 Å². The van der Waals surface area contributed by atoms with Crippen LogP contribution in [0.5, 0.6) is 0 Å². The summed E-state index contributed by atoms with van der Waals surface area (Å²) in [6.07, 6.45) is 0. The third-order valence-electron chi connectivity index (χ3n) is 2.52. The number of nitrogens with zero attached hydrogens (tertiary/aromatic N) is 2. The Labute approximate surface area is 100 Å². The van der Waals surface area contributed by atoms with Gasteiger partial charge in [-0.3, -0.25) is 4.79 Å². The van der Waals surface area contributed by atoms with Gasteiger partial charge >= 0.3 is 0 Å². The van der Waals surface area contributed by atoms with Crippen molar-refractivity contribution in [2.75, 3.05) is 18.5 Å². The molecule has 90 valence electrons. The SMILES string of the molecule is CC(=O)c1c(F)cccc1N(C)CC(C)C#N. The standard InChI is InChI=1S/C13H15FN2O/c1-9(7-15)8-16(3)12-6-4-5-11(14)13(12)10(2)17/h4-6,9H,8H2,1-3H3. The van der Waals surface area contributed by atoms with Crippen LogP contribution in [0.1, 0.15) is 24.2 Å². The molecule has 1 atom stereocenters. The van der Waals surface area contributed by atoms with Crippen molar-refractivity contribution in [1.29, 1.82) is 5.26 Å². The molecule has 1 rings (SSSR count).